The molecule has 0 saturated carbocycles. The largest absolute Gasteiger partial charge is 0.357 e. The van der Waals surface area contributed by atoms with E-state index in [2.05, 4.69) is 15.2 Å². The number of hydrogen-bond acceptors (Lipinski definition) is 5. The van der Waals surface area contributed by atoms with Crippen LogP contribution in [0.25, 0.3) is 0 Å². The number of hydrogen-bond donors (Lipinski definition) is 1. The van der Waals surface area contributed by atoms with Gasteiger partial charge in [-0.1, -0.05) is 29.8 Å². The van der Waals surface area contributed by atoms with Gasteiger partial charge in [0.1, 0.15) is 5.82 Å². The molecule has 4 rings (SSSR count). The van der Waals surface area contributed by atoms with Gasteiger partial charge in [-0.25, -0.2) is 13.4 Å². The summed E-state index contributed by atoms with van der Waals surface area (Å²) in [4.78, 5) is 19.5. The van der Waals surface area contributed by atoms with E-state index in [-0.39, 0.29) is 16.4 Å². The summed E-state index contributed by atoms with van der Waals surface area (Å²) in [7, 11) is -2.30. The van der Waals surface area contributed by atoms with Crippen molar-refractivity contribution in [3.63, 3.8) is 0 Å². The third-order valence-corrected chi connectivity index (χ3v) is 7.63. The number of rotatable bonds is 7. The van der Waals surface area contributed by atoms with E-state index < -0.39 is 10.0 Å². The van der Waals surface area contributed by atoms with Crippen molar-refractivity contribution in [2.24, 2.45) is 0 Å². The van der Waals surface area contributed by atoms with E-state index in [4.69, 9.17) is 0 Å². The fourth-order valence-electron chi connectivity index (χ4n) is 3.79. The van der Waals surface area contributed by atoms with E-state index in [1.807, 2.05) is 31.2 Å². The van der Waals surface area contributed by atoms with Crippen molar-refractivity contribution in [1.29, 1.82) is 0 Å². The predicted molar refractivity (Wildman–Crippen MR) is 130 cm³/mol. The third kappa shape index (κ3) is 5.17. The Labute approximate surface area is 195 Å². The molecular weight excluding hydrogens is 436 g/mol. The number of aryl methyl sites for hydroxylation is 1. The van der Waals surface area contributed by atoms with E-state index in [1.54, 1.807) is 30.5 Å². The zero-order valence-corrected chi connectivity index (χ0v) is 19.7. The Balaban J connectivity index is 1.43. The summed E-state index contributed by atoms with van der Waals surface area (Å²) < 4.78 is 27.4. The minimum atomic E-state index is -3.80. The molecule has 8 heteroatoms. The van der Waals surface area contributed by atoms with Crippen LogP contribution in [0.4, 0.5) is 11.5 Å². The number of carbonyl (C=O) groups excluding carboxylic acids is 1. The second-order valence-corrected chi connectivity index (χ2v) is 10.2. The molecule has 1 N–H and O–H groups in total. The molecule has 2 heterocycles. The van der Waals surface area contributed by atoms with Gasteiger partial charge < -0.3 is 10.2 Å². The first-order valence-corrected chi connectivity index (χ1v) is 12.4. The van der Waals surface area contributed by atoms with Crippen LogP contribution >= 0.6 is 0 Å². The predicted octanol–water partition coefficient (Wildman–Crippen LogP) is 3.75. The Hall–Kier alpha value is -3.39. The number of nitrogens with one attached hydrogen (secondary N) is 1. The normalized spacial score (nSPS) is 13.7. The third-order valence-electron chi connectivity index (χ3n) is 5.84. The maximum absolute atomic E-state index is 13.1. The van der Waals surface area contributed by atoms with Crippen molar-refractivity contribution >= 4 is 27.4 Å². The summed E-state index contributed by atoms with van der Waals surface area (Å²) in [5.41, 5.74) is 2.77. The Morgan fingerprint density at radius 3 is 2.45 bits per heavy atom. The first kappa shape index (κ1) is 22.8. The van der Waals surface area contributed by atoms with Crippen LogP contribution in [0.1, 0.15) is 34.3 Å². The van der Waals surface area contributed by atoms with Gasteiger partial charge in [-0.2, -0.15) is 0 Å². The minimum absolute atomic E-state index is 0.0647. The number of pyridine rings is 1. The molecule has 0 unspecified atom stereocenters. The summed E-state index contributed by atoms with van der Waals surface area (Å²) in [5.74, 6) is 0.617. The van der Waals surface area contributed by atoms with Crippen LogP contribution in [0.15, 0.2) is 71.8 Å². The summed E-state index contributed by atoms with van der Waals surface area (Å²) in [6.45, 7) is 4.31. The number of nitrogens with zero attached hydrogens (tertiary/aromatic N) is 3. The lowest BCUT2D eigenvalue weighted by molar-refractivity contribution is 0.0950. The fraction of sp³-hybridized carbons (Fsp3) is 0.280. The van der Waals surface area contributed by atoms with E-state index >= 15 is 0 Å². The Morgan fingerprint density at radius 1 is 1.06 bits per heavy atom. The SMILES string of the molecule is Cc1ccc(N(C)S(=O)(=O)c2cccc(C(=O)NCc3ccc(N4CCCC4)nc3)c2)cc1. The minimum Gasteiger partial charge on any atom is -0.357 e. The molecule has 7 nitrogen and oxygen atoms in total. The summed E-state index contributed by atoms with van der Waals surface area (Å²) in [5, 5.41) is 2.85. The van der Waals surface area contributed by atoms with Gasteiger partial charge in [-0.3, -0.25) is 9.10 Å². The monoisotopic (exact) mass is 464 g/mol. The van der Waals surface area contributed by atoms with Crippen LogP contribution in [0, 0.1) is 6.92 Å². The molecule has 0 spiro atoms. The topological polar surface area (TPSA) is 82.6 Å². The van der Waals surface area contributed by atoms with E-state index in [0.29, 0.717) is 12.2 Å². The molecule has 3 aromatic rings. The Bertz CT molecular complexity index is 1220. The summed E-state index contributed by atoms with van der Waals surface area (Å²) in [6, 6.07) is 17.3. The van der Waals surface area contributed by atoms with Crippen molar-refractivity contribution in [2.45, 2.75) is 31.2 Å². The maximum atomic E-state index is 13.1. The molecule has 172 valence electrons. The van der Waals surface area contributed by atoms with Crippen molar-refractivity contribution in [2.75, 3.05) is 29.3 Å². The number of aromatic nitrogens is 1. The number of anilines is 2. The van der Waals surface area contributed by atoms with Gasteiger partial charge in [0.25, 0.3) is 15.9 Å². The standard InChI is InChI=1S/C25H28N4O3S/c1-19-8-11-22(12-9-19)28(2)33(31,32)23-7-5-6-21(16-23)25(30)27-18-20-10-13-24(26-17-20)29-14-3-4-15-29/h5-13,16-17H,3-4,14-15,18H2,1-2H3,(H,27,30). The molecule has 0 atom stereocenters. The Morgan fingerprint density at radius 2 is 1.79 bits per heavy atom. The number of carbonyl (C=O) groups is 1. The van der Waals surface area contributed by atoms with Gasteiger partial charge in [-0.15, -0.1) is 0 Å². The molecule has 1 aliphatic rings. The molecule has 0 bridgehead atoms. The van der Waals surface area contributed by atoms with Crippen LogP contribution < -0.4 is 14.5 Å². The number of sulfonamides is 1. The highest BCUT2D eigenvalue weighted by molar-refractivity contribution is 7.92. The zero-order valence-electron chi connectivity index (χ0n) is 18.9. The molecule has 0 radical (unpaired) electrons. The lowest BCUT2D eigenvalue weighted by Crippen LogP contribution is -2.27. The van der Waals surface area contributed by atoms with Gasteiger partial charge in [0.2, 0.25) is 0 Å². The number of amides is 1. The molecule has 33 heavy (non-hydrogen) atoms. The first-order valence-electron chi connectivity index (χ1n) is 11.0. The zero-order chi connectivity index (χ0) is 23.4. The van der Waals surface area contributed by atoms with E-state index in [0.717, 1.165) is 30.0 Å². The quantitative estimate of drug-likeness (QED) is 0.576. The molecular formula is C25H28N4O3S. The molecule has 1 fully saturated rings. The lowest BCUT2D eigenvalue weighted by Gasteiger charge is -2.20. The molecule has 2 aromatic carbocycles. The molecule has 0 aliphatic carbocycles. The van der Waals surface area contributed by atoms with Gasteiger partial charge in [-0.05, 0) is 61.7 Å². The average molecular weight is 465 g/mol. The van der Waals surface area contributed by atoms with E-state index in [1.165, 1.54) is 36.3 Å². The molecule has 1 amide bonds. The maximum Gasteiger partial charge on any atom is 0.264 e. The van der Waals surface area contributed by atoms with Gasteiger partial charge in [0.05, 0.1) is 10.6 Å². The molecule has 1 aromatic heterocycles. The first-order chi connectivity index (χ1) is 15.8. The number of benzene rings is 2. The second kappa shape index (κ2) is 9.62. The van der Waals surface area contributed by atoms with Gasteiger partial charge in [0.15, 0.2) is 0 Å². The summed E-state index contributed by atoms with van der Waals surface area (Å²) in [6.07, 6.45) is 4.15. The van der Waals surface area contributed by atoms with Crippen molar-refractivity contribution in [3.8, 4) is 0 Å². The van der Waals surface area contributed by atoms with Crippen molar-refractivity contribution in [3.05, 3.63) is 83.6 Å². The average Bonchev–Trinajstić information content (AvgIpc) is 3.38. The summed E-state index contributed by atoms with van der Waals surface area (Å²) >= 11 is 0. The molecule has 1 saturated heterocycles. The highest BCUT2D eigenvalue weighted by Crippen LogP contribution is 2.23. The highest BCUT2D eigenvalue weighted by atomic mass is 32.2. The van der Waals surface area contributed by atoms with Crippen LogP contribution in [0.5, 0.6) is 0 Å². The second-order valence-electron chi connectivity index (χ2n) is 8.24. The smallest absolute Gasteiger partial charge is 0.264 e. The van der Waals surface area contributed by atoms with Crippen molar-refractivity contribution in [1.82, 2.24) is 10.3 Å². The fourth-order valence-corrected chi connectivity index (χ4v) is 5.03. The lowest BCUT2D eigenvalue weighted by atomic mass is 10.2. The van der Waals surface area contributed by atoms with Crippen LogP contribution in [-0.4, -0.2) is 39.4 Å². The van der Waals surface area contributed by atoms with Gasteiger partial charge in [0, 0.05) is 38.4 Å². The van der Waals surface area contributed by atoms with E-state index in [9.17, 15) is 13.2 Å². The van der Waals surface area contributed by atoms with Crippen molar-refractivity contribution < 1.29 is 13.2 Å². The molecule has 1 aliphatic heterocycles. The highest BCUT2D eigenvalue weighted by Gasteiger charge is 2.22. The van der Waals surface area contributed by atoms with Gasteiger partial charge >= 0.3 is 0 Å². The van der Waals surface area contributed by atoms with Crippen LogP contribution in [0.2, 0.25) is 0 Å². The Kier molecular flexibility index (Phi) is 6.65. The van der Waals surface area contributed by atoms with Crippen LogP contribution in [-0.2, 0) is 16.6 Å². The van der Waals surface area contributed by atoms with Crippen LogP contribution in [0.3, 0.4) is 0 Å².